The minimum absolute atomic E-state index is 0.0456. The van der Waals surface area contributed by atoms with Gasteiger partial charge in [0, 0.05) is 67.0 Å². The summed E-state index contributed by atoms with van der Waals surface area (Å²) in [4.78, 5) is 48.4. The Labute approximate surface area is 222 Å². The molecule has 1 saturated heterocycles. The summed E-state index contributed by atoms with van der Waals surface area (Å²) < 4.78 is 13.3. The average molecular weight is 522 g/mol. The van der Waals surface area contributed by atoms with Crippen molar-refractivity contribution in [2.24, 2.45) is 0 Å². The van der Waals surface area contributed by atoms with Crippen molar-refractivity contribution in [1.82, 2.24) is 25.0 Å². The first-order chi connectivity index (χ1) is 18.0. The topological polar surface area (TPSA) is 88.8 Å². The zero-order valence-corrected chi connectivity index (χ0v) is 22.7. The molecule has 2 atom stereocenters. The van der Waals surface area contributed by atoms with Crippen LogP contribution in [0, 0.1) is 12.7 Å². The normalized spacial score (nSPS) is 18.2. The monoisotopic (exact) mass is 521 g/mol. The summed E-state index contributed by atoms with van der Waals surface area (Å²) in [6.45, 7) is 8.87. The highest BCUT2D eigenvalue weighted by atomic mass is 19.1. The van der Waals surface area contributed by atoms with E-state index in [0.29, 0.717) is 43.7 Å². The van der Waals surface area contributed by atoms with E-state index < -0.39 is 11.7 Å². The number of carbonyl (C=O) groups is 3. The molecule has 4 rings (SSSR count). The fourth-order valence-electron chi connectivity index (χ4n) is 5.02. The number of amides is 2. The van der Waals surface area contributed by atoms with Crippen molar-refractivity contribution in [2.75, 3.05) is 40.3 Å². The lowest BCUT2D eigenvalue weighted by Crippen LogP contribution is -2.57. The van der Waals surface area contributed by atoms with Gasteiger partial charge in [-0.3, -0.25) is 19.3 Å². The molecule has 3 aromatic rings. The van der Waals surface area contributed by atoms with Gasteiger partial charge in [-0.2, -0.15) is 0 Å². The number of ketones is 1. The molecule has 8 nitrogen and oxygen atoms in total. The van der Waals surface area contributed by atoms with Gasteiger partial charge in [0.15, 0.2) is 0 Å². The number of aromatic nitrogens is 1. The van der Waals surface area contributed by atoms with Gasteiger partial charge >= 0.3 is 0 Å². The van der Waals surface area contributed by atoms with Gasteiger partial charge in [0.05, 0.1) is 5.56 Å². The van der Waals surface area contributed by atoms with Crippen molar-refractivity contribution >= 4 is 28.5 Å². The van der Waals surface area contributed by atoms with E-state index in [0.717, 1.165) is 16.8 Å². The van der Waals surface area contributed by atoms with E-state index in [9.17, 15) is 18.8 Å². The van der Waals surface area contributed by atoms with Crippen LogP contribution in [-0.2, 0) is 11.3 Å². The van der Waals surface area contributed by atoms with Crippen LogP contribution in [-0.4, -0.2) is 89.6 Å². The zero-order chi connectivity index (χ0) is 27.6. The van der Waals surface area contributed by atoms with Crippen molar-refractivity contribution in [3.05, 3.63) is 70.7 Å². The molecule has 0 unspecified atom stereocenters. The molecule has 1 aromatic heterocycles. The van der Waals surface area contributed by atoms with Crippen LogP contribution in [0.25, 0.3) is 10.9 Å². The van der Waals surface area contributed by atoms with Crippen LogP contribution in [0.2, 0.25) is 0 Å². The number of fused-ring (bicyclic) bond motifs is 1. The Kier molecular flexibility index (Phi) is 8.28. The third-order valence-electron chi connectivity index (χ3n) is 7.19. The summed E-state index contributed by atoms with van der Waals surface area (Å²) >= 11 is 0. The Morgan fingerprint density at radius 1 is 1.05 bits per heavy atom. The summed E-state index contributed by atoms with van der Waals surface area (Å²) in [7, 11) is 3.78. The highest BCUT2D eigenvalue weighted by Gasteiger charge is 2.34. The van der Waals surface area contributed by atoms with Crippen LogP contribution >= 0.6 is 0 Å². The maximum atomic E-state index is 13.9. The molecule has 0 saturated carbocycles. The van der Waals surface area contributed by atoms with Gasteiger partial charge in [-0.05, 0) is 70.8 Å². The molecule has 2 N–H and O–H groups in total. The lowest BCUT2D eigenvalue weighted by Gasteiger charge is -2.44. The maximum absolute atomic E-state index is 13.9. The molecule has 0 spiro atoms. The highest BCUT2D eigenvalue weighted by Crippen LogP contribution is 2.28. The number of benzene rings is 2. The number of nitrogens with zero attached hydrogens (tertiary/aromatic N) is 3. The Bertz CT molecular complexity index is 1330. The molecule has 1 aliphatic heterocycles. The van der Waals surface area contributed by atoms with Gasteiger partial charge in [-0.1, -0.05) is 12.1 Å². The lowest BCUT2D eigenvalue weighted by atomic mass is 10.0. The Morgan fingerprint density at radius 3 is 2.45 bits per heavy atom. The Balaban J connectivity index is 1.52. The molecule has 202 valence electrons. The molecular weight excluding hydrogens is 485 g/mol. The van der Waals surface area contributed by atoms with E-state index in [1.54, 1.807) is 30.3 Å². The highest BCUT2D eigenvalue weighted by molar-refractivity contribution is 6.43. The van der Waals surface area contributed by atoms with E-state index >= 15 is 0 Å². The zero-order valence-electron chi connectivity index (χ0n) is 22.7. The number of hydrogen-bond donors (Lipinski definition) is 2. The number of Topliss-reactive ketones (excluding diaryl/α,β-unsaturated/α-hetero) is 1. The largest absolute Gasteiger partial charge is 0.358 e. The summed E-state index contributed by atoms with van der Waals surface area (Å²) in [6, 6.07) is 11.6. The molecule has 2 aromatic carbocycles. The predicted octanol–water partition coefficient (Wildman–Crippen LogP) is 3.21. The first-order valence-electron chi connectivity index (χ1n) is 12.9. The van der Waals surface area contributed by atoms with Gasteiger partial charge in [-0.25, -0.2) is 4.39 Å². The first kappa shape index (κ1) is 27.5. The third-order valence-corrected chi connectivity index (χ3v) is 7.19. The summed E-state index contributed by atoms with van der Waals surface area (Å²) in [5, 5.41) is 3.29. The van der Waals surface area contributed by atoms with E-state index in [-0.39, 0.29) is 29.4 Å². The molecule has 1 fully saturated rings. The second-order valence-electron chi connectivity index (χ2n) is 10.5. The molecule has 2 amide bonds. The molecule has 2 heterocycles. The smallest absolute Gasteiger partial charge is 0.292 e. The van der Waals surface area contributed by atoms with E-state index in [4.69, 9.17) is 0 Å². The van der Waals surface area contributed by atoms with E-state index in [1.165, 1.54) is 12.1 Å². The quantitative estimate of drug-likeness (QED) is 0.351. The molecule has 38 heavy (non-hydrogen) atoms. The molecule has 0 bridgehead atoms. The maximum Gasteiger partial charge on any atom is 0.292 e. The molecular formula is C29H36FN5O3. The Hall–Kier alpha value is -3.56. The molecule has 1 aliphatic rings. The van der Waals surface area contributed by atoms with Crippen LogP contribution in [0.3, 0.4) is 0 Å². The number of aromatic amines is 1. The third kappa shape index (κ3) is 5.95. The number of hydrogen-bond acceptors (Lipinski definition) is 5. The number of nitrogens with one attached hydrogen (secondary N) is 2. The Morgan fingerprint density at radius 2 is 1.76 bits per heavy atom. The molecule has 9 heteroatoms. The van der Waals surface area contributed by atoms with Crippen molar-refractivity contribution in [2.45, 2.75) is 39.4 Å². The van der Waals surface area contributed by atoms with Gasteiger partial charge in [0.2, 0.25) is 5.78 Å². The van der Waals surface area contributed by atoms with E-state index in [2.05, 4.69) is 22.1 Å². The second-order valence-corrected chi connectivity index (χ2v) is 10.5. The molecule has 0 aliphatic carbocycles. The van der Waals surface area contributed by atoms with Gasteiger partial charge in [0.25, 0.3) is 11.8 Å². The van der Waals surface area contributed by atoms with Crippen molar-refractivity contribution < 1.29 is 18.8 Å². The van der Waals surface area contributed by atoms with Crippen LogP contribution < -0.4 is 5.32 Å². The number of likely N-dealkylation sites (N-methyl/N-ethyl adjacent to an activating group) is 1. The van der Waals surface area contributed by atoms with Gasteiger partial charge in [-0.15, -0.1) is 0 Å². The van der Waals surface area contributed by atoms with Crippen LogP contribution in [0.15, 0.2) is 42.5 Å². The van der Waals surface area contributed by atoms with Crippen molar-refractivity contribution in [3.63, 3.8) is 0 Å². The fraction of sp³-hybridized carbons (Fsp3) is 0.414. The molecule has 0 radical (unpaired) electrons. The number of rotatable bonds is 8. The van der Waals surface area contributed by atoms with E-state index in [1.807, 2.05) is 37.7 Å². The number of aryl methyl sites for hydroxylation is 1. The lowest BCUT2D eigenvalue weighted by molar-refractivity contribution is -0.117. The fourth-order valence-corrected chi connectivity index (χ4v) is 5.02. The first-order valence-corrected chi connectivity index (χ1v) is 12.9. The summed E-state index contributed by atoms with van der Waals surface area (Å²) in [6.07, 6.45) is 0. The number of H-pyrrole nitrogens is 1. The van der Waals surface area contributed by atoms with Crippen LogP contribution in [0.1, 0.15) is 45.8 Å². The summed E-state index contributed by atoms with van der Waals surface area (Å²) in [5.41, 5.74) is 3.26. The van der Waals surface area contributed by atoms with Gasteiger partial charge < -0.3 is 20.1 Å². The van der Waals surface area contributed by atoms with Crippen molar-refractivity contribution in [1.29, 1.82) is 0 Å². The second kappa shape index (κ2) is 11.4. The van der Waals surface area contributed by atoms with Crippen molar-refractivity contribution in [3.8, 4) is 0 Å². The average Bonchev–Trinajstić information content (AvgIpc) is 3.21. The minimum atomic E-state index is -0.661. The minimum Gasteiger partial charge on any atom is -0.358 e. The predicted molar refractivity (Wildman–Crippen MR) is 146 cm³/mol. The number of halogens is 1. The number of carbonyl (C=O) groups excluding carboxylic acids is 3. The van der Waals surface area contributed by atoms with Gasteiger partial charge in [0.1, 0.15) is 5.82 Å². The van der Waals surface area contributed by atoms with Crippen LogP contribution in [0.5, 0.6) is 0 Å². The van der Waals surface area contributed by atoms with Crippen LogP contribution in [0.4, 0.5) is 4.39 Å². The number of piperazine rings is 1. The standard InChI is InChI=1S/C29H36FN5O3/c1-18-16-35(19(2)15-34(18)17-21-6-9-23(30)10-7-21)29(38)26-20(3)32-25-11-8-22(14-24(25)26)27(36)28(37)31-12-13-33(4)5/h6-11,14,18-19,32H,12-13,15-17H2,1-5H3,(H,31,37)/t18-,19+/m0/s1. The summed E-state index contributed by atoms with van der Waals surface area (Å²) in [5.74, 6) is -1.64. The SMILES string of the molecule is Cc1[nH]c2ccc(C(=O)C(=O)NCCN(C)C)cc2c1C(=O)N1C[C@H](C)N(Cc2ccc(F)cc2)C[C@H]1C.